The van der Waals surface area contributed by atoms with Crippen LogP contribution in [0.1, 0.15) is 0 Å². The molecule has 2 N–H and O–H groups in total. The molecular formula is C11H13F3N2O3S. The summed E-state index contributed by atoms with van der Waals surface area (Å²) >= 11 is 0. The Bertz CT molecular complexity index is 585. The highest BCUT2D eigenvalue weighted by Gasteiger charge is 2.26. The Morgan fingerprint density at radius 1 is 1.30 bits per heavy atom. The second-order valence-electron chi connectivity index (χ2n) is 4.07. The van der Waals surface area contributed by atoms with Gasteiger partial charge in [-0.2, -0.15) is 13.2 Å². The standard InChI is InChI=1S/C11H13F3N2O3S/c1-20(18,19)9-4-2-3-8(5-9)16-10(17)6-15-7-11(12,13)14/h2-5,15H,6-7H2,1H3,(H,16,17). The first-order valence-electron chi connectivity index (χ1n) is 5.45. The van der Waals surface area contributed by atoms with Gasteiger partial charge in [0, 0.05) is 11.9 Å². The van der Waals surface area contributed by atoms with E-state index in [1.54, 1.807) is 0 Å². The van der Waals surface area contributed by atoms with Gasteiger partial charge in [0.05, 0.1) is 18.0 Å². The summed E-state index contributed by atoms with van der Waals surface area (Å²) in [7, 11) is -3.41. The maximum absolute atomic E-state index is 11.9. The van der Waals surface area contributed by atoms with Crippen molar-refractivity contribution in [3.8, 4) is 0 Å². The summed E-state index contributed by atoms with van der Waals surface area (Å²) in [5, 5.41) is 4.24. The minimum atomic E-state index is -4.39. The van der Waals surface area contributed by atoms with Gasteiger partial charge in [-0.3, -0.25) is 4.79 Å². The summed E-state index contributed by atoms with van der Waals surface area (Å²) in [5.41, 5.74) is 0.201. The Morgan fingerprint density at radius 3 is 2.50 bits per heavy atom. The van der Waals surface area contributed by atoms with E-state index in [9.17, 15) is 26.4 Å². The lowest BCUT2D eigenvalue weighted by molar-refractivity contribution is -0.126. The van der Waals surface area contributed by atoms with Crippen molar-refractivity contribution in [3.63, 3.8) is 0 Å². The first-order valence-corrected chi connectivity index (χ1v) is 7.34. The number of halogens is 3. The molecule has 0 spiro atoms. The average Bonchev–Trinajstić information content (AvgIpc) is 2.26. The number of carbonyl (C=O) groups is 1. The van der Waals surface area contributed by atoms with Gasteiger partial charge in [-0.1, -0.05) is 6.07 Å². The van der Waals surface area contributed by atoms with Crippen LogP contribution in [-0.4, -0.2) is 39.8 Å². The molecule has 0 fully saturated rings. The molecule has 1 amide bonds. The normalized spacial score (nSPS) is 12.2. The molecule has 0 atom stereocenters. The summed E-state index contributed by atoms with van der Waals surface area (Å²) in [6.07, 6.45) is -3.38. The third-order valence-corrected chi connectivity index (χ3v) is 3.27. The van der Waals surface area contributed by atoms with Gasteiger partial charge in [0.25, 0.3) is 0 Å². The van der Waals surface area contributed by atoms with E-state index in [0.29, 0.717) is 0 Å². The number of nitrogens with one attached hydrogen (secondary N) is 2. The van der Waals surface area contributed by atoms with Crippen LogP contribution in [0.3, 0.4) is 0 Å². The minimum absolute atomic E-state index is 0.0125. The zero-order valence-electron chi connectivity index (χ0n) is 10.5. The molecule has 0 bridgehead atoms. The van der Waals surface area contributed by atoms with Crippen LogP contribution in [-0.2, 0) is 14.6 Å². The fourth-order valence-corrected chi connectivity index (χ4v) is 1.99. The van der Waals surface area contributed by atoms with Crippen molar-refractivity contribution in [1.29, 1.82) is 0 Å². The van der Waals surface area contributed by atoms with Gasteiger partial charge in [0.2, 0.25) is 5.91 Å². The first-order chi connectivity index (χ1) is 9.08. The summed E-state index contributed by atoms with van der Waals surface area (Å²) in [5.74, 6) is -0.695. The van der Waals surface area contributed by atoms with Crippen molar-refractivity contribution < 1.29 is 26.4 Å². The fraction of sp³-hybridized carbons (Fsp3) is 0.364. The van der Waals surface area contributed by atoms with E-state index in [0.717, 1.165) is 6.26 Å². The van der Waals surface area contributed by atoms with Crippen LogP contribution in [0.4, 0.5) is 18.9 Å². The smallest absolute Gasteiger partial charge is 0.325 e. The zero-order chi connectivity index (χ0) is 15.4. The van der Waals surface area contributed by atoms with Crippen molar-refractivity contribution in [1.82, 2.24) is 5.32 Å². The molecule has 0 radical (unpaired) electrons. The molecule has 0 heterocycles. The van der Waals surface area contributed by atoms with E-state index in [2.05, 4.69) is 5.32 Å². The van der Waals surface area contributed by atoms with Crippen molar-refractivity contribution >= 4 is 21.4 Å². The summed E-state index contributed by atoms with van der Waals surface area (Å²) in [4.78, 5) is 11.4. The van der Waals surface area contributed by atoms with Crippen LogP contribution in [0.15, 0.2) is 29.2 Å². The van der Waals surface area contributed by atoms with Gasteiger partial charge in [-0.15, -0.1) is 0 Å². The molecule has 0 aromatic heterocycles. The second-order valence-corrected chi connectivity index (χ2v) is 6.08. The Kier molecular flexibility index (Phi) is 5.12. The summed E-state index contributed by atoms with van der Waals surface area (Å²) < 4.78 is 58.2. The van der Waals surface area contributed by atoms with Crippen molar-refractivity contribution in [2.75, 3.05) is 24.7 Å². The van der Waals surface area contributed by atoms with Crippen molar-refractivity contribution in [2.45, 2.75) is 11.1 Å². The lowest BCUT2D eigenvalue weighted by Crippen LogP contribution is -2.35. The highest BCUT2D eigenvalue weighted by molar-refractivity contribution is 7.90. The number of alkyl halides is 3. The summed E-state index contributed by atoms with van der Waals surface area (Å²) in [6, 6.07) is 5.45. The number of rotatable bonds is 5. The van der Waals surface area contributed by atoms with E-state index in [1.807, 2.05) is 5.32 Å². The van der Waals surface area contributed by atoms with Crippen LogP contribution >= 0.6 is 0 Å². The van der Waals surface area contributed by atoms with Gasteiger partial charge >= 0.3 is 6.18 Å². The number of hydrogen-bond acceptors (Lipinski definition) is 4. The van der Waals surface area contributed by atoms with E-state index in [-0.39, 0.29) is 10.6 Å². The quantitative estimate of drug-likeness (QED) is 0.856. The number of hydrogen-bond donors (Lipinski definition) is 2. The van der Waals surface area contributed by atoms with Crippen LogP contribution in [0.25, 0.3) is 0 Å². The number of amides is 1. The molecular weight excluding hydrogens is 297 g/mol. The molecule has 1 rings (SSSR count). The second kappa shape index (κ2) is 6.23. The molecule has 0 aliphatic carbocycles. The summed E-state index contributed by atoms with van der Waals surface area (Å²) in [6.45, 7) is -1.80. The molecule has 1 aromatic rings. The van der Waals surface area contributed by atoms with E-state index in [4.69, 9.17) is 0 Å². The topological polar surface area (TPSA) is 75.3 Å². The van der Waals surface area contributed by atoms with E-state index < -0.39 is 35.0 Å². The average molecular weight is 310 g/mol. The van der Waals surface area contributed by atoms with Gasteiger partial charge < -0.3 is 10.6 Å². The first kappa shape index (κ1) is 16.4. The predicted molar refractivity (Wildman–Crippen MR) is 67.1 cm³/mol. The lowest BCUT2D eigenvalue weighted by atomic mass is 10.3. The minimum Gasteiger partial charge on any atom is -0.325 e. The van der Waals surface area contributed by atoms with Crippen LogP contribution < -0.4 is 10.6 Å². The molecule has 0 unspecified atom stereocenters. The van der Waals surface area contributed by atoms with E-state index >= 15 is 0 Å². The highest BCUT2D eigenvalue weighted by Crippen LogP contribution is 2.15. The molecule has 0 saturated heterocycles. The molecule has 0 aliphatic heterocycles. The van der Waals surface area contributed by atoms with Crippen LogP contribution in [0.2, 0.25) is 0 Å². The molecule has 20 heavy (non-hydrogen) atoms. The molecule has 0 saturated carbocycles. The zero-order valence-corrected chi connectivity index (χ0v) is 11.3. The lowest BCUT2D eigenvalue weighted by Gasteiger charge is -2.09. The molecule has 1 aromatic carbocycles. The van der Waals surface area contributed by atoms with Crippen molar-refractivity contribution in [2.24, 2.45) is 0 Å². The maximum Gasteiger partial charge on any atom is 0.401 e. The third kappa shape index (κ3) is 6.02. The molecule has 9 heteroatoms. The van der Waals surface area contributed by atoms with Gasteiger partial charge in [-0.25, -0.2) is 8.42 Å². The van der Waals surface area contributed by atoms with E-state index in [1.165, 1.54) is 24.3 Å². The molecule has 5 nitrogen and oxygen atoms in total. The fourth-order valence-electron chi connectivity index (χ4n) is 1.33. The maximum atomic E-state index is 11.9. The Hall–Kier alpha value is -1.61. The van der Waals surface area contributed by atoms with Gasteiger partial charge in [0.1, 0.15) is 0 Å². The van der Waals surface area contributed by atoms with Gasteiger partial charge in [0.15, 0.2) is 9.84 Å². The largest absolute Gasteiger partial charge is 0.401 e. The Labute approximate surface area is 114 Å². The number of anilines is 1. The molecule has 0 aliphatic rings. The highest BCUT2D eigenvalue weighted by atomic mass is 32.2. The van der Waals surface area contributed by atoms with Crippen LogP contribution in [0.5, 0.6) is 0 Å². The monoisotopic (exact) mass is 310 g/mol. The Morgan fingerprint density at radius 2 is 1.95 bits per heavy atom. The molecule has 112 valence electrons. The SMILES string of the molecule is CS(=O)(=O)c1cccc(NC(=O)CNCC(F)(F)F)c1. The number of benzene rings is 1. The Balaban J connectivity index is 2.59. The van der Waals surface area contributed by atoms with Crippen molar-refractivity contribution in [3.05, 3.63) is 24.3 Å². The third-order valence-electron chi connectivity index (χ3n) is 2.16. The number of carbonyl (C=O) groups excluding carboxylic acids is 1. The van der Waals surface area contributed by atoms with Crippen LogP contribution in [0, 0.1) is 0 Å². The predicted octanol–water partition coefficient (Wildman–Crippen LogP) is 1.18. The van der Waals surface area contributed by atoms with Gasteiger partial charge in [-0.05, 0) is 18.2 Å². The number of sulfone groups is 1.